The van der Waals surface area contributed by atoms with Gasteiger partial charge >= 0.3 is 0 Å². The highest BCUT2D eigenvalue weighted by atomic mass is 16.5. The van der Waals surface area contributed by atoms with Crippen molar-refractivity contribution in [1.82, 2.24) is 5.32 Å². The zero-order valence-corrected chi connectivity index (χ0v) is 9.88. The fourth-order valence-corrected chi connectivity index (χ4v) is 2.00. The van der Waals surface area contributed by atoms with Crippen LogP contribution >= 0.6 is 0 Å². The minimum absolute atomic E-state index is 0.667. The third-order valence-corrected chi connectivity index (χ3v) is 2.90. The summed E-state index contributed by atoms with van der Waals surface area (Å²) >= 11 is 0. The summed E-state index contributed by atoms with van der Waals surface area (Å²) in [4.78, 5) is 0. The molecule has 14 heavy (non-hydrogen) atoms. The van der Waals surface area contributed by atoms with Crippen LogP contribution in [0.25, 0.3) is 0 Å². The van der Waals surface area contributed by atoms with Crippen molar-refractivity contribution < 1.29 is 4.74 Å². The molecule has 84 valence electrons. The molecule has 1 heterocycles. The quantitative estimate of drug-likeness (QED) is 0.734. The van der Waals surface area contributed by atoms with Gasteiger partial charge in [0.25, 0.3) is 0 Å². The van der Waals surface area contributed by atoms with Gasteiger partial charge in [0.2, 0.25) is 0 Å². The maximum absolute atomic E-state index is 5.36. The molecule has 0 aliphatic carbocycles. The second-order valence-electron chi connectivity index (χ2n) is 4.99. The molecule has 0 aromatic carbocycles. The molecule has 1 rings (SSSR count). The molecule has 0 saturated carbocycles. The van der Waals surface area contributed by atoms with Crippen molar-refractivity contribution in [2.75, 3.05) is 19.8 Å². The van der Waals surface area contributed by atoms with Crippen molar-refractivity contribution in [2.45, 2.75) is 46.1 Å². The van der Waals surface area contributed by atoms with E-state index >= 15 is 0 Å². The Bertz CT molecular complexity index is 141. The van der Waals surface area contributed by atoms with Crippen LogP contribution in [0.2, 0.25) is 0 Å². The maximum Gasteiger partial charge on any atom is 0.0468 e. The highest BCUT2D eigenvalue weighted by Gasteiger charge is 2.16. The lowest BCUT2D eigenvalue weighted by Crippen LogP contribution is -2.32. The SMILES string of the molecule is CC(C)CNC(C)CC1CCOCC1. The lowest BCUT2D eigenvalue weighted by Gasteiger charge is -2.25. The van der Waals surface area contributed by atoms with Gasteiger partial charge < -0.3 is 10.1 Å². The molecule has 1 aliphatic rings. The molecule has 1 unspecified atom stereocenters. The monoisotopic (exact) mass is 199 g/mol. The van der Waals surface area contributed by atoms with Crippen molar-refractivity contribution in [3.05, 3.63) is 0 Å². The molecule has 2 heteroatoms. The number of hydrogen-bond acceptors (Lipinski definition) is 2. The van der Waals surface area contributed by atoms with Crippen LogP contribution in [0.3, 0.4) is 0 Å². The molecule has 1 fully saturated rings. The van der Waals surface area contributed by atoms with Gasteiger partial charge in [-0.3, -0.25) is 0 Å². The van der Waals surface area contributed by atoms with E-state index < -0.39 is 0 Å². The fraction of sp³-hybridized carbons (Fsp3) is 1.00. The predicted octanol–water partition coefficient (Wildman–Crippen LogP) is 2.44. The van der Waals surface area contributed by atoms with E-state index in [0.717, 1.165) is 31.6 Å². The molecular formula is C12H25NO. The van der Waals surface area contributed by atoms with E-state index in [1.807, 2.05) is 0 Å². The van der Waals surface area contributed by atoms with Crippen LogP contribution in [-0.2, 0) is 4.74 Å². The third-order valence-electron chi connectivity index (χ3n) is 2.90. The number of nitrogens with one attached hydrogen (secondary N) is 1. The molecule has 1 saturated heterocycles. The number of hydrogen-bond donors (Lipinski definition) is 1. The number of rotatable bonds is 5. The lowest BCUT2D eigenvalue weighted by atomic mass is 9.93. The van der Waals surface area contributed by atoms with Crippen molar-refractivity contribution in [3.8, 4) is 0 Å². The van der Waals surface area contributed by atoms with E-state index in [9.17, 15) is 0 Å². The second kappa shape index (κ2) is 6.41. The van der Waals surface area contributed by atoms with E-state index in [0.29, 0.717) is 6.04 Å². The minimum atomic E-state index is 0.667. The molecule has 0 aromatic rings. The Morgan fingerprint density at radius 3 is 2.43 bits per heavy atom. The second-order valence-corrected chi connectivity index (χ2v) is 4.99. The van der Waals surface area contributed by atoms with Gasteiger partial charge in [-0.25, -0.2) is 0 Å². The van der Waals surface area contributed by atoms with Gasteiger partial charge in [-0.1, -0.05) is 13.8 Å². The Morgan fingerprint density at radius 1 is 1.21 bits per heavy atom. The van der Waals surface area contributed by atoms with Crippen LogP contribution in [-0.4, -0.2) is 25.8 Å². The Hall–Kier alpha value is -0.0800. The Labute approximate surface area is 88.4 Å². The van der Waals surface area contributed by atoms with Crippen LogP contribution in [0, 0.1) is 11.8 Å². The molecule has 0 amide bonds. The van der Waals surface area contributed by atoms with Crippen LogP contribution < -0.4 is 5.32 Å². The standard InChI is InChI=1S/C12H25NO/c1-10(2)9-13-11(3)8-12-4-6-14-7-5-12/h10-13H,4-9H2,1-3H3. The van der Waals surface area contributed by atoms with Crippen LogP contribution in [0.1, 0.15) is 40.0 Å². The highest BCUT2D eigenvalue weighted by Crippen LogP contribution is 2.19. The van der Waals surface area contributed by atoms with E-state index in [2.05, 4.69) is 26.1 Å². The summed E-state index contributed by atoms with van der Waals surface area (Å²) in [6, 6.07) is 0.667. The van der Waals surface area contributed by atoms with Gasteiger partial charge in [-0.05, 0) is 44.6 Å². The lowest BCUT2D eigenvalue weighted by molar-refractivity contribution is 0.0611. The molecular weight excluding hydrogens is 174 g/mol. The van der Waals surface area contributed by atoms with Gasteiger partial charge in [0, 0.05) is 19.3 Å². The first-order valence-corrected chi connectivity index (χ1v) is 5.99. The highest BCUT2D eigenvalue weighted by molar-refractivity contribution is 4.70. The van der Waals surface area contributed by atoms with Crippen molar-refractivity contribution in [2.24, 2.45) is 11.8 Å². The molecule has 1 N–H and O–H groups in total. The first-order chi connectivity index (χ1) is 6.68. The minimum Gasteiger partial charge on any atom is -0.381 e. The largest absolute Gasteiger partial charge is 0.381 e. The molecule has 1 aliphatic heterocycles. The molecule has 1 atom stereocenters. The zero-order chi connectivity index (χ0) is 10.4. The summed E-state index contributed by atoms with van der Waals surface area (Å²) < 4.78 is 5.36. The van der Waals surface area contributed by atoms with Crippen molar-refractivity contribution in [3.63, 3.8) is 0 Å². The van der Waals surface area contributed by atoms with Crippen molar-refractivity contribution >= 4 is 0 Å². The average molecular weight is 199 g/mol. The van der Waals surface area contributed by atoms with Crippen LogP contribution in [0.5, 0.6) is 0 Å². The fourth-order valence-electron chi connectivity index (χ4n) is 2.00. The summed E-state index contributed by atoms with van der Waals surface area (Å²) in [7, 11) is 0. The zero-order valence-electron chi connectivity index (χ0n) is 9.88. The summed E-state index contributed by atoms with van der Waals surface area (Å²) in [5, 5.41) is 3.59. The molecule has 0 spiro atoms. The molecule has 2 nitrogen and oxygen atoms in total. The topological polar surface area (TPSA) is 21.3 Å². The van der Waals surface area contributed by atoms with Gasteiger partial charge in [0.15, 0.2) is 0 Å². The smallest absolute Gasteiger partial charge is 0.0468 e. The Morgan fingerprint density at radius 2 is 1.86 bits per heavy atom. The normalized spacial score (nSPS) is 21.4. The molecule has 0 radical (unpaired) electrons. The van der Waals surface area contributed by atoms with Crippen LogP contribution in [0.15, 0.2) is 0 Å². The van der Waals surface area contributed by atoms with E-state index in [1.54, 1.807) is 0 Å². The summed E-state index contributed by atoms with van der Waals surface area (Å²) in [5.74, 6) is 1.64. The van der Waals surface area contributed by atoms with E-state index in [4.69, 9.17) is 4.74 Å². The maximum atomic E-state index is 5.36. The van der Waals surface area contributed by atoms with Gasteiger partial charge in [-0.2, -0.15) is 0 Å². The third kappa shape index (κ3) is 4.97. The van der Waals surface area contributed by atoms with E-state index in [-0.39, 0.29) is 0 Å². The first kappa shape index (κ1) is 12.0. The summed E-state index contributed by atoms with van der Waals surface area (Å²) in [6.07, 6.45) is 3.83. The first-order valence-electron chi connectivity index (χ1n) is 5.99. The summed E-state index contributed by atoms with van der Waals surface area (Å²) in [5.41, 5.74) is 0. The average Bonchev–Trinajstić information content (AvgIpc) is 2.16. The number of ether oxygens (including phenoxy) is 1. The van der Waals surface area contributed by atoms with E-state index in [1.165, 1.54) is 19.3 Å². The van der Waals surface area contributed by atoms with Crippen molar-refractivity contribution in [1.29, 1.82) is 0 Å². The molecule has 0 aromatic heterocycles. The predicted molar refractivity (Wildman–Crippen MR) is 60.5 cm³/mol. The Balaban J connectivity index is 2.09. The van der Waals surface area contributed by atoms with Gasteiger partial charge in [0.1, 0.15) is 0 Å². The molecule has 0 bridgehead atoms. The van der Waals surface area contributed by atoms with Crippen LogP contribution in [0.4, 0.5) is 0 Å². The van der Waals surface area contributed by atoms with Gasteiger partial charge in [-0.15, -0.1) is 0 Å². The van der Waals surface area contributed by atoms with Gasteiger partial charge in [0.05, 0.1) is 0 Å². The Kier molecular flexibility index (Phi) is 5.49. The summed E-state index contributed by atoms with van der Waals surface area (Å²) in [6.45, 7) is 9.91.